The quantitative estimate of drug-likeness (QED) is 0.351. The van der Waals surface area contributed by atoms with Crippen molar-refractivity contribution in [3.05, 3.63) is 0 Å². The minimum absolute atomic E-state index is 0.134. The van der Waals surface area contributed by atoms with Crippen LogP contribution in [0.15, 0.2) is 5.16 Å². The van der Waals surface area contributed by atoms with Crippen LogP contribution in [0, 0.1) is 0 Å². The van der Waals surface area contributed by atoms with Gasteiger partial charge >= 0.3 is 0 Å². The van der Waals surface area contributed by atoms with Gasteiger partial charge in [-0.05, 0) is 19.4 Å². The van der Waals surface area contributed by atoms with Gasteiger partial charge in [0.2, 0.25) is 0 Å². The molecule has 17 heavy (non-hydrogen) atoms. The summed E-state index contributed by atoms with van der Waals surface area (Å²) in [5.41, 5.74) is 5.75. The molecule has 1 rings (SSSR count). The molecule has 4 nitrogen and oxygen atoms in total. The molecule has 1 heterocycles. The Balaban J connectivity index is 2.43. The van der Waals surface area contributed by atoms with Crippen LogP contribution in [0.1, 0.15) is 40.0 Å². The first-order valence-electron chi connectivity index (χ1n) is 6.29. The van der Waals surface area contributed by atoms with E-state index in [0.29, 0.717) is 10.6 Å². The van der Waals surface area contributed by atoms with Crippen LogP contribution in [0.4, 0.5) is 0 Å². The van der Waals surface area contributed by atoms with Crippen LogP contribution in [-0.2, 0) is 0 Å². The molecule has 0 saturated carbocycles. The molecule has 0 aromatic carbocycles. The van der Waals surface area contributed by atoms with Crippen molar-refractivity contribution in [1.29, 1.82) is 0 Å². The number of likely N-dealkylation sites (tertiary alicyclic amines) is 1. The van der Waals surface area contributed by atoms with Crippen molar-refractivity contribution in [3.63, 3.8) is 0 Å². The molecular weight excluding hydrogens is 234 g/mol. The molecule has 0 radical (unpaired) electrons. The first kappa shape index (κ1) is 14.6. The second-order valence-corrected chi connectivity index (χ2v) is 7.45. The van der Waals surface area contributed by atoms with E-state index in [1.165, 1.54) is 12.8 Å². The van der Waals surface area contributed by atoms with E-state index in [4.69, 9.17) is 10.9 Å². The third-order valence-corrected chi connectivity index (χ3v) is 4.24. The van der Waals surface area contributed by atoms with Crippen LogP contribution >= 0.6 is 11.8 Å². The summed E-state index contributed by atoms with van der Waals surface area (Å²) < 4.78 is 0.307. The third kappa shape index (κ3) is 5.17. The smallest absolute Gasteiger partial charge is 0.156 e. The molecule has 5 heteroatoms. The molecule has 100 valence electrons. The van der Waals surface area contributed by atoms with Gasteiger partial charge in [0.05, 0.1) is 6.04 Å². The largest absolute Gasteiger partial charge is 0.409 e. The van der Waals surface area contributed by atoms with Gasteiger partial charge in [-0.1, -0.05) is 32.3 Å². The molecule has 1 saturated heterocycles. The van der Waals surface area contributed by atoms with Gasteiger partial charge in [0.25, 0.3) is 0 Å². The van der Waals surface area contributed by atoms with Crippen molar-refractivity contribution in [3.8, 4) is 0 Å². The fraction of sp³-hybridized carbons (Fsp3) is 0.917. The summed E-state index contributed by atoms with van der Waals surface area (Å²) in [5.74, 6) is 1.46. The maximum atomic E-state index is 8.79. The maximum absolute atomic E-state index is 8.79. The van der Waals surface area contributed by atoms with Crippen molar-refractivity contribution < 1.29 is 5.21 Å². The molecule has 0 aromatic heterocycles. The molecule has 1 aliphatic heterocycles. The minimum Gasteiger partial charge on any atom is -0.409 e. The Morgan fingerprint density at radius 2 is 2.18 bits per heavy atom. The molecule has 0 spiro atoms. The van der Waals surface area contributed by atoms with Gasteiger partial charge in [0, 0.05) is 17.0 Å². The number of nitrogens with zero attached hydrogens (tertiary/aromatic N) is 2. The summed E-state index contributed by atoms with van der Waals surface area (Å²) in [7, 11) is 0. The fourth-order valence-electron chi connectivity index (χ4n) is 2.13. The van der Waals surface area contributed by atoms with Crippen LogP contribution in [0.3, 0.4) is 0 Å². The molecule has 1 unspecified atom stereocenters. The summed E-state index contributed by atoms with van der Waals surface area (Å²) in [5, 5.41) is 12.0. The highest BCUT2D eigenvalue weighted by molar-refractivity contribution is 8.00. The zero-order valence-electron chi connectivity index (χ0n) is 11.1. The molecule has 3 N–H and O–H groups in total. The predicted octanol–water partition coefficient (Wildman–Crippen LogP) is 2.12. The monoisotopic (exact) mass is 259 g/mol. The number of hydrogen-bond acceptors (Lipinski definition) is 4. The second kappa shape index (κ2) is 6.50. The molecule has 0 aromatic rings. The zero-order chi connectivity index (χ0) is 12.9. The lowest BCUT2D eigenvalue weighted by Gasteiger charge is -2.35. The first-order valence-corrected chi connectivity index (χ1v) is 7.28. The van der Waals surface area contributed by atoms with E-state index in [1.54, 1.807) is 0 Å². The SMILES string of the molecule is CC(C)(C)SCCN1CCCCC1C(N)=NO. The molecule has 1 fully saturated rings. The van der Waals surface area contributed by atoms with Crippen molar-refractivity contribution in [1.82, 2.24) is 4.90 Å². The molecule has 0 aliphatic carbocycles. The number of nitrogens with two attached hydrogens (primary N) is 1. The van der Waals surface area contributed by atoms with Gasteiger partial charge in [-0.25, -0.2) is 0 Å². The van der Waals surface area contributed by atoms with Crippen molar-refractivity contribution >= 4 is 17.6 Å². The highest BCUT2D eigenvalue weighted by Gasteiger charge is 2.25. The standard InChI is InChI=1S/C12H25N3OS/c1-12(2,3)17-9-8-15-7-5-4-6-10(15)11(13)14-16/h10,16H,4-9H2,1-3H3,(H2,13,14). The summed E-state index contributed by atoms with van der Waals surface area (Å²) in [6, 6.07) is 0.134. The zero-order valence-corrected chi connectivity index (χ0v) is 12.0. The normalized spacial score (nSPS) is 23.9. The van der Waals surface area contributed by atoms with E-state index in [-0.39, 0.29) is 6.04 Å². The van der Waals surface area contributed by atoms with Crippen LogP contribution in [0.5, 0.6) is 0 Å². The number of oxime groups is 1. The van der Waals surface area contributed by atoms with Crippen molar-refractivity contribution in [2.75, 3.05) is 18.8 Å². The van der Waals surface area contributed by atoms with Gasteiger partial charge in [-0.2, -0.15) is 11.8 Å². The highest BCUT2D eigenvalue weighted by atomic mass is 32.2. The summed E-state index contributed by atoms with van der Waals surface area (Å²) in [6.45, 7) is 8.77. The Labute approximate surface area is 109 Å². The Hall–Kier alpha value is -0.420. The number of piperidine rings is 1. The van der Waals surface area contributed by atoms with Crippen LogP contribution in [-0.4, -0.2) is 45.6 Å². The number of hydrogen-bond donors (Lipinski definition) is 2. The Morgan fingerprint density at radius 1 is 1.47 bits per heavy atom. The topological polar surface area (TPSA) is 61.8 Å². The Bertz CT molecular complexity index is 263. The van der Waals surface area contributed by atoms with E-state index < -0.39 is 0 Å². The van der Waals surface area contributed by atoms with Crippen molar-refractivity contribution in [2.45, 2.75) is 50.8 Å². The third-order valence-electron chi connectivity index (χ3n) is 2.98. The van der Waals surface area contributed by atoms with Gasteiger partial charge in [0.15, 0.2) is 5.84 Å². The minimum atomic E-state index is 0.134. The summed E-state index contributed by atoms with van der Waals surface area (Å²) in [6.07, 6.45) is 3.40. The van der Waals surface area contributed by atoms with Gasteiger partial charge in [-0.15, -0.1) is 0 Å². The van der Waals surface area contributed by atoms with E-state index >= 15 is 0 Å². The lowest BCUT2D eigenvalue weighted by atomic mass is 10.0. The molecule has 0 bridgehead atoms. The van der Waals surface area contributed by atoms with Crippen LogP contribution < -0.4 is 5.73 Å². The second-order valence-electron chi connectivity index (χ2n) is 5.53. The lowest BCUT2D eigenvalue weighted by molar-refractivity contribution is 0.197. The molecule has 1 aliphatic rings. The van der Waals surface area contributed by atoms with E-state index in [2.05, 4.69) is 30.8 Å². The van der Waals surface area contributed by atoms with E-state index in [9.17, 15) is 0 Å². The predicted molar refractivity (Wildman–Crippen MR) is 74.8 cm³/mol. The first-order chi connectivity index (χ1) is 7.94. The van der Waals surface area contributed by atoms with E-state index in [1.807, 2.05) is 11.8 Å². The lowest BCUT2D eigenvalue weighted by Crippen LogP contribution is -2.48. The fourth-order valence-corrected chi connectivity index (χ4v) is 3.07. The summed E-state index contributed by atoms with van der Waals surface area (Å²) >= 11 is 1.96. The van der Waals surface area contributed by atoms with Crippen molar-refractivity contribution in [2.24, 2.45) is 10.9 Å². The number of thioether (sulfide) groups is 1. The average molecular weight is 259 g/mol. The number of rotatable bonds is 4. The Morgan fingerprint density at radius 3 is 2.76 bits per heavy atom. The molecule has 0 amide bonds. The highest BCUT2D eigenvalue weighted by Crippen LogP contribution is 2.24. The Kier molecular flexibility index (Phi) is 5.59. The number of amidine groups is 1. The summed E-state index contributed by atoms with van der Waals surface area (Å²) in [4.78, 5) is 2.34. The molecular formula is C12H25N3OS. The van der Waals surface area contributed by atoms with Gasteiger partial charge in [-0.3, -0.25) is 4.90 Å². The van der Waals surface area contributed by atoms with Gasteiger partial charge in [0.1, 0.15) is 0 Å². The average Bonchev–Trinajstić information content (AvgIpc) is 2.27. The van der Waals surface area contributed by atoms with Crippen LogP contribution in [0.2, 0.25) is 0 Å². The van der Waals surface area contributed by atoms with Gasteiger partial charge < -0.3 is 10.9 Å². The molecule has 1 atom stereocenters. The van der Waals surface area contributed by atoms with Crippen LogP contribution in [0.25, 0.3) is 0 Å². The van der Waals surface area contributed by atoms with E-state index in [0.717, 1.165) is 25.3 Å². The maximum Gasteiger partial charge on any atom is 0.156 e.